The molecule has 1 aliphatic rings. The molecule has 0 N–H and O–H groups in total. The third-order valence-corrected chi connectivity index (χ3v) is 3.34. The molecule has 54 valence electrons. The van der Waals surface area contributed by atoms with Crippen LogP contribution < -0.4 is 0 Å². The first-order chi connectivity index (χ1) is 4.10. The van der Waals surface area contributed by atoms with Gasteiger partial charge < -0.3 is 4.90 Å². The van der Waals surface area contributed by atoms with Gasteiger partial charge in [-0.3, -0.25) is 0 Å². The maximum atomic E-state index is 2.55. The van der Waals surface area contributed by atoms with Gasteiger partial charge in [0.05, 0.1) is 1.43 Å². The molecular weight excluding hydrogens is 340 g/mol. The Morgan fingerprint density at radius 3 is 2.44 bits per heavy atom. The summed E-state index contributed by atoms with van der Waals surface area (Å²) in [6.07, 6.45) is 2.74. The van der Waals surface area contributed by atoms with Crippen LogP contribution in [-0.2, 0) is 0 Å². The van der Waals surface area contributed by atoms with Gasteiger partial charge in [-0.05, 0) is 26.4 Å². The molecule has 1 rings (SSSR count). The van der Waals surface area contributed by atoms with Gasteiger partial charge in [0.2, 0.25) is 0 Å². The molecule has 0 bridgehead atoms. The molecule has 0 amide bonds. The molecule has 1 fully saturated rings. The summed E-state index contributed by atoms with van der Waals surface area (Å²) in [5, 5.41) is 0. The Labute approximate surface area is 83.8 Å². The zero-order chi connectivity index (χ0) is 6.91. The van der Waals surface area contributed by atoms with Crippen molar-refractivity contribution in [2.24, 2.45) is 0 Å². The first-order valence-electron chi connectivity index (χ1n) is 3.16. The summed E-state index contributed by atoms with van der Waals surface area (Å²) >= 11 is 5.10. The minimum atomic E-state index is 0.516. The Morgan fingerprint density at radius 1 is 1.44 bits per heavy atom. The van der Waals surface area contributed by atoms with E-state index in [1.165, 1.54) is 25.9 Å². The van der Waals surface area contributed by atoms with Crippen molar-refractivity contribution in [2.75, 3.05) is 20.1 Å². The molecule has 0 saturated carbocycles. The van der Waals surface area contributed by atoms with Gasteiger partial charge in [0, 0.05) is 6.54 Å². The zero-order valence-corrected chi connectivity index (χ0v) is 9.85. The lowest BCUT2D eigenvalue weighted by Crippen LogP contribution is -2.37. The van der Waals surface area contributed by atoms with Crippen LogP contribution in [0.5, 0.6) is 0 Å². The maximum Gasteiger partial charge on any atom is 0.0861 e. The molecule has 1 saturated heterocycles. The SMILES string of the molecule is CN1CCCC(I)(I)C1. The van der Waals surface area contributed by atoms with Crippen LogP contribution in [0.3, 0.4) is 0 Å². The molecule has 0 aromatic carbocycles. The summed E-state index contributed by atoms with van der Waals surface area (Å²) in [7, 11) is 2.20. The molecule has 0 atom stereocenters. The number of nitrogens with zero attached hydrogens (tertiary/aromatic N) is 1. The van der Waals surface area contributed by atoms with Gasteiger partial charge in [0.25, 0.3) is 0 Å². The molecule has 1 aliphatic heterocycles. The second-order valence-corrected chi connectivity index (χ2v) is 8.89. The summed E-state index contributed by atoms with van der Waals surface area (Å²) in [5.41, 5.74) is 0. The third-order valence-electron chi connectivity index (χ3n) is 1.58. The van der Waals surface area contributed by atoms with Crippen LogP contribution in [0, 0.1) is 0 Å². The van der Waals surface area contributed by atoms with E-state index in [-0.39, 0.29) is 0 Å². The molecule has 0 radical (unpaired) electrons. The van der Waals surface area contributed by atoms with E-state index in [9.17, 15) is 0 Å². The smallest absolute Gasteiger partial charge is 0.0861 e. The zero-order valence-electron chi connectivity index (χ0n) is 5.53. The van der Waals surface area contributed by atoms with Crippen LogP contribution in [0.25, 0.3) is 0 Å². The van der Waals surface area contributed by atoms with Gasteiger partial charge in [-0.2, -0.15) is 0 Å². The normalized spacial score (nSPS) is 28.3. The predicted octanol–water partition coefficient (Wildman–Crippen LogP) is 2.28. The lowest BCUT2D eigenvalue weighted by molar-refractivity contribution is 0.283. The highest BCUT2D eigenvalue weighted by Gasteiger charge is 2.27. The number of piperidine rings is 1. The highest BCUT2D eigenvalue weighted by Crippen LogP contribution is 2.36. The third kappa shape index (κ3) is 2.88. The first-order valence-corrected chi connectivity index (χ1v) is 5.32. The van der Waals surface area contributed by atoms with E-state index in [0.29, 0.717) is 1.43 Å². The van der Waals surface area contributed by atoms with Crippen molar-refractivity contribution in [3.8, 4) is 0 Å². The van der Waals surface area contributed by atoms with E-state index in [1.54, 1.807) is 0 Å². The molecule has 0 spiro atoms. The van der Waals surface area contributed by atoms with Crippen LogP contribution in [0.1, 0.15) is 12.8 Å². The minimum absolute atomic E-state index is 0.516. The molecule has 0 unspecified atom stereocenters. The molecule has 3 heteroatoms. The Balaban J connectivity index is 2.41. The van der Waals surface area contributed by atoms with Crippen molar-refractivity contribution in [1.29, 1.82) is 0 Å². The second kappa shape index (κ2) is 3.21. The average Bonchev–Trinajstić information content (AvgIpc) is 1.60. The highest BCUT2D eigenvalue weighted by molar-refractivity contribution is 14.2. The Morgan fingerprint density at radius 2 is 2.11 bits per heavy atom. The van der Waals surface area contributed by atoms with Gasteiger partial charge in [-0.25, -0.2) is 0 Å². The van der Waals surface area contributed by atoms with Gasteiger partial charge in [0.15, 0.2) is 0 Å². The summed E-state index contributed by atoms with van der Waals surface area (Å²) in [6, 6.07) is 0. The highest BCUT2D eigenvalue weighted by atomic mass is 127. The predicted molar refractivity (Wildman–Crippen MR) is 57.5 cm³/mol. The number of likely N-dealkylation sites (tertiary alicyclic amines) is 1. The van der Waals surface area contributed by atoms with E-state index in [1.807, 2.05) is 0 Å². The number of hydrogen-bond donors (Lipinski definition) is 0. The lowest BCUT2D eigenvalue weighted by atomic mass is 10.1. The number of alkyl halides is 2. The van der Waals surface area contributed by atoms with Gasteiger partial charge in [-0.1, -0.05) is 45.2 Å². The lowest BCUT2D eigenvalue weighted by Gasteiger charge is -2.32. The molecule has 1 nitrogen and oxygen atoms in total. The van der Waals surface area contributed by atoms with Crippen LogP contribution in [0.15, 0.2) is 0 Å². The quantitative estimate of drug-likeness (QED) is 0.478. The Hall–Kier alpha value is 1.42. The number of hydrogen-bond acceptors (Lipinski definition) is 1. The van der Waals surface area contributed by atoms with Crippen molar-refractivity contribution in [3.63, 3.8) is 0 Å². The van der Waals surface area contributed by atoms with Crippen LogP contribution in [0.4, 0.5) is 0 Å². The topological polar surface area (TPSA) is 3.24 Å². The fourth-order valence-electron chi connectivity index (χ4n) is 1.16. The summed E-state index contributed by atoms with van der Waals surface area (Å²) in [4.78, 5) is 2.41. The van der Waals surface area contributed by atoms with Crippen molar-refractivity contribution >= 4 is 45.2 Å². The van der Waals surface area contributed by atoms with Crippen LogP contribution in [-0.4, -0.2) is 26.5 Å². The molecule has 0 aromatic rings. The first kappa shape index (κ1) is 8.52. The van der Waals surface area contributed by atoms with Gasteiger partial charge in [0.1, 0.15) is 0 Å². The monoisotopic (exact) mass is 351 g/mol. The van der Waals surface area contributed by atoms with Crippen molar-refractivity contribution in [2.45, 2.75) is 14.3 Å². The average molecular weight is 351 g/mol. The van der Waals surface area contributed by atoms with Crippen molar-refractivity contribution < 1.29 is 0 Å². The van der Waals surface area contributed by atoms with E-state index in [0.717, 1.165) is 0 Å². The number of rotatable bonds is 0. The number of halogens is 2. The fraction of sp³-hybridized carbons (Fsp3) is 1.00. The van der Waals surface area contributed by atoms with E-state index < -0.39 is 0 Å². The molecular formula is C6H11I2N. The summed E-state index contributed by atoms with van der Waals surface area (Å²) < 4.78 is 0.516. The van der Waals surface area contributed by atoms with E-state index >= 15 is 0 Å². The van der Waals surface area contributed by atoms with Crippen LogP contribution in [0.2, 0.25) is 0 Å². The molecule has 0 aromatic heterocycles. The van der Waals surface area contributed by atoms with Crippen molar-refractivity contribution in [1.82, 2.24) is 4.90 Å². The largest absolute Gasteiger partial charge is 0.304 e. The minimum Gasteiger partial charge on any atom is -0.304 e. The van der Waals surface area contributed by atoms with E-state index in [4.69, 9.17) is 0 Å². The van der Waals surface area contributed by atoms with E-state index in [2.05, 4.69) is 57.1 Å². The Bertz CT molecular complexity index is 103. The van der Waals surface area contributed by atoms with Gasteiger partial charge >= 0.3 is 0 Å². The Kier molecular flexibility index (Phi) is 3.04. The second-order valence-electron chi connectivity index (χ2n) is 2.70. The standard InChI is InChI=1S/C6H11I2N/c1-9-4-2-3-6(7,8)5-9/h2-5H2,1H3. The maximum absolute atomic E-state index is 2.55. The van der Waals surface area contributed by atoms with Gasteiger partial charge in [-0.15, -0.1) is 0 Å². The molecule has 0 aliphatic carbocycles. The summed E-state index contributed by atoms with van der Waals surface area (Å²) in [5.74, 6) is 0. The van der Waals surface area contributed by atoms with Crippen molar-refractivity contribution in [3.05, 3.63) is 0 Å². The molecule has 1 heterocycles. The van der Waals surface area contributed by atoms with Crippen LogP contribution >= 0.6 is 45.2 Å². The fourth-order valence-corrected chi connectivity index (χ4v) is 3.09. The molecule has 9 heavy (non-hydrogen) atoms. The summed E-state index contributed by atoms with van der Waals surface area (Å²) in [6.45, 7) is 2.53.